The van der Waals surface area contributed by atoms with Crippen molar-refractivity contribution < 1.29 is 9.53 Å². The highest BCUT2D eigenvalue weighted by atomic mass is 16.5. The fourth-order valence-electron chi connectivity index (χ4n) is 2.64. The van der Waals surface area contributed by atoms with E-state index < -0.39 is 0 Å². The van der Waals surface area contributed by atoms with Gasteiger partial charge in [-0.2, -0.15) is 0 Å². The van der Waals surface area contributed by atoms with Gasteiger partial charge < -0.3 is 20.3 Å². The van der Waals surface area contributed by atoms with E-state index in [1.165, 1.54) is 5.56 Å². The molecule has 2 aromatic rings. The molecule has 0 saturated carbocycles. The monoisotopic (exact) mass is 382 g/mol. The summed E-state index contributed by atoms with van der Waals surface area (Å²) in [7, 11) is 5.17. The normalized spacial score (nSPS) is 11.1. The van der Waals surface area contributed by atoms with Crippen molar-refractivity contribution in [2.45, 2.75) is 19.9 Å². The molecule has 0 radical (unpaired) electrons. The lowest BCUT2D eigenvalue weighted by Crippen LogP contribution is -2.38. The zero-order chi connectivity index (χ0) is 20.4. The summed E-state index contributed by atoms with van der Waals surface area (Å²) in [4.78, 5) is 18.2. The van der Waals surface area contributed by atoms with Gasteiger partial charge in [0.2, 0.25) is 0 Å². The highest BCUT2D eigenvalue weighted by molar-refractivity contribution is 5.93. The molecule has 150 valence electrons. The molecule has 2 rings (SSSR count). The molecule has 2 aromatic carbocycles. The predicted octanol–water partition coefficient (Wildman–Crippen LogP) is 2.69. The largest absolute Gasteiger partial charge is 0.497 e. The number of carbonyl (C=O) groups is 1. The quantitative estimate of drug-likeness (QED) is 0.544. The van der Waals surface area contributed by atoms with Crippen molar-refractivity contribution in [3.8, 4) is 5.75 Å². The van der Waals surface area contributed by atoms with Gasteiger partial charge >= 0.3 is 0 Å². The van der Waals surface area contributed by atoms with Gasteiger partial charge in [-0.15, -0.1) is 0 Å². The van der Waals surface area contributed by atoms with Gasteiger partial charge in [0.15, 0.2) is 5.96 Å². The van der Waals surface area contributed by atoms with Crippen LogP contribution in [0.5, 0.6) is 5.75 Å². The molecular weight excluding hydrogens is 352 g/mol. The molecule has 0 atom stereocenters. The van der Waals surface area contributed by atoms with Crippen LogP contribution in [0.4, 0.5) is 0 Å². The molecule has 0 aliphatic heterocycles. The third-order valence-corrected chi connectivity index (χ3v) is 4.24. The van der Waals surface area contributed by atoms with E-state index in [-0.39, 0.29) is 5.91 Å². The fourth-order valence-corrected chi connectivity index (χ4v) is 2.64. The van der Waals surface area contributed by atoms with Gasteiger partial charge in [0.1, 0.15) is 5.75 Å². The summed E-state index contributed by atoms with van der Waals surface area (Å²) in [5.41, 5.74) is 2.98. The molecule has 0 saturated heterocycles. The van der Waals surface area contributed by atoms with E-state index in [1.807, 2.05) is 43.3 Å². The first kappa shape index (κ1) is 21.3. The average Bonchev–Trinajstić information content (AvgIpc) is 2.72. The highest BCUT2D eigenvalue weighted by Crippen LogP contribution is 2.11. The molecule has 6 heteroatoms. The lowest BCUT2D eigenvalue weighted by molar-refractivity contribution is 0.0827. The summed E-state index contributed by atoms with van der Waals surface area (Å²) in [5, 5.41) is 6.62. The van der Waals surface area contributed by atoms with Gasteiger partial charge in [-0.25, -0.2) is 4.99 Å². The first-order valence-electron chi connectivity index (χ1n) is 9.49. The van der Waals surface area contributed by atoms with Crippen molar-refractivity contribution in [3.05, 3.63) is 65.2 Å². The van der Waals surface area contributed by atoms with Crippen LogP contribution in [0, 0.1) is 0 Å². The number of carbonyl (C=O) groups excluding carboxylic acids is 1. The molecule has 2 N–H and O–H groups in total. The Hall–Kier alpha value is -3.02. The van der Waals surface area contributed by atoms with Gasteiger partial charge in [0.05, 0.1) is 13.7 Å². The number of ether oxygens (including phenoxy) is 1. The smallest absolute Gasteiger partial charge is 0.253 e. The SMILES string of the molecule is CCNC(=NCc1ccc(C(=O)N(C)C)cc1)NCCc1ccc(OC)cc1. The molecule has 0 heterocycles. The topological polar surface area (TPSA) is 66.0 Å². The maximum atomic E-state index is 11.9. The summed E-state index contributed by atoms with van der Waals surface area (Å²) in [6.45, 7) is 4.18. The Labute approximate surface area is 167 Å². The number of amides is 1. The van der Waals surface area contributed by atoms with Crippen molar-refractivity contribution in [1.82, 2.24) is 15.5 Å². The van der Waals surface area contributed by atoms with Gasteiger partial charge in [0, 0.05) is 32.7 Å². The lowest BCUT2D eigenvalue weighted by Gasteiger charge is -2.12. The molecule has 28 heavy (non-hydrogen) atoms. The van der Waals surface area contributed by atoms with E-state index in [0.29, 0.717) is 12.1 Å². The second kappa shape index (κ2) is 11.0. The summed E-state index contributed by atoms with van der Waals surface area (Å²) in [6, 6.07) is 15.7. The molecule has 0 unspecified atom stereocenters. The Balaban J connectivity index is 1.89. The van der Waals surface area contributed by atoms with E-state index in [1.54, 1.807) is 26.1 Å². The summed E-state index contributed by atoms with van der Waals surface area (Å²) in [5.74, 6) is 1.65. The Morgan fingerprint density at radius 1 is 1.00 bits per heavy atom. The molecule has 1 amide bonds. The van der Waals surface area contributed by atoms with Crippen LogP contribution < -0.4 is 15.4 Å². The maximum Gasteiger partial charge on any atom is 0.253 e. The molecule has 0 aliphatic rings. The zero-order valence-electron chi connectivity index (χ0n) is 17.2. The second-order valence-electron chi connectivity index (χ2n) is 6.62. The van der Waals surface area contributed by atoms with Crippen molar-refractivity contribution in [2.24, 2.45) is 4.99 Å². The predicted molar refractivity (Wildman–Crippen MR) is 114 cm³/mol. The number of nitrogens with one attached hydrogen (secondary N) is 2. The number of aliphatic imine (C=N–C) groups is 1. The Morgan fingerprint density at radius 3 is 2.21 bits per heavy atom. The molecule has 0 aliphatic carbocycles. The first-order chi connectivity index (χ1) is 13.5. The average molecular weight is 383 g/mol. The maximum absolute atomic E-state index is 11.9. The minimum Gasteiger partial charge on any atom is -0.497 e. The zero-order valence-corrected chi connectivity index (χ0v) is 17.2. The number of benzene rings is 2. The van der Waals surface area contributed by atoms with Crippen molar-refractivity contribution in [3.63, 3.8) is 0 Å². The fraction of sp³-hybridized carbons (Fsp3) is 0.364. The highest BCUT2D eigenvalue weighted by Gasteiger charge is 2.07. The van der Waals surface area contributed by atoms with Crippen LogP contribution in [0.2, 0.25) is 0 Å². The molecule has 0 spiro atoms. The van der Waals surface area contributed by atoms with E-state index in [0.717, 1.165) is 36.8 Å². The third kappa shape index (κ3) is 6.61. The van der Waals surface area contributed by atoms with E-state index in [4.69, 9.17) is 4.74 Å². The summed E-state index contributed by atoms with van der Waals surface area (Å²) >= 11 is 0. The van der Waals surface area contributed by atoms with Crippen LogP contribution in [-0.4, -0.2) is 51.1 Å². The Bertz CT molecular complexity index is 768. The van der Waals surface area contributed by atoms with Crippen LogP contribution in [0.25, 0.3) is 0 Å². The summed E-state index contributed by atoms with van der Waals surface area (Å²) < 4.78 is 5.18. The Kier molecular flexibility index (Phi) is 8.34. The number of methoxy groups -OCH3 is 1. The number of hydrogen-bond acceptors (Lipinski definition) is 3. The molecule has 6 nitrogen and oxygen atoms in total. The van der Waals surface area contributed by atoms with Crippen molar-refractivity contribution >= 4 is 11.9 Å². The van der Waals surface area contributed by atoms with Gasteiger partial charge in [-0.05, 0) is 48.7 Å². The number of guanidine groups is 1. The second-order valence-corrected chi connectivity index (χ2v) is 6.62. The minimum absolute atomic E-state index is 0.00332. The van der Waals surface area contributed by atoms with E-state index >= 15 is 0 Å². The first-order valence-corrected chi connectivity index (χ1v) is 9.49. The van der Waals surface area contributed by atoms with Crippen LogP contribution in [0.3, 0.4) is 0 Å². The molecule has 0 aromatic heterocycles. The van der Waals surface area contributed by atoms with Crippen molar-refractivity contribution in [2.75, 3.05) is 34.3 Å². The third-order valence-electron chi connectivity index (χ3n) is 4.24. The molecule has 0 fully saturated rings. The number of nitrogens with zero attached hydrogens (tertiary/aromatic N) is 2. The standard InChI is InChI=1S/C22H30N4O2/c1-5-23-22(24-15-14-17-8-12-20(28-4)13-9-17)25-16-18-6-10-19(11-7-18)21(27)26(2)3/h6-13H,5,14-16H2,1-4H3,(H2,23,24,25). The van der Waals surface area contributed by atoms with Crippen LogP contribution in [0.15, 0.2) is 53.5 Å². The number of rotatable bonds is 8. The number of hydrogen-bond donors (Lipinski definition) is 2. The van der Waals surface area contributed by atoms with E-state index in [9.17, 15) is 4.79 Å². The van der Waals surface area contributed by atoms with Gasteiger partial charge in [-0.3, -0.25) is 4.79 Å². The van der Waals surface area contributed by atoms with Crippen LogP contribution in [0.1, 0.15) is 28.4 Å². The summed E-state index contributed by atoms with van der Waals surface area (Å²) in [6.07, 6.45) is 0.899. The molecular formula is C22H30N4O2. The van der Waals surface area contributed by atoms with Gasteiger partial charge in [0.25, 0.3) is 5.91 Å². The van der Waals surface area contributed by atoms with Crippen molar-refractivity contribution in [1.29, 1.82) is 0 Å². The van der Waals surface area contributed by atoms with Crippen LogP contribution >= 0.6 is 0 Å². The van der Waals surface area contributed by atoms with Crippen LogP contribution in [-0.2, 0) is 13.0 Å². The molecule has 0 bridgehead atoms. The lowest BCUT2D eigenvalue weighted by atomic mass is 10.1. The van der Waals surface area contributed by atoms with E-state index in [2.05, 4.69) is 27.8 Å². The minimum atomic E-state index is 0.00332. The Morgan fingerprint density at radius 2 is 1.64 bits per heavy atom. The van der Waals surface area contributed by atoms with Gasteiger partial charge in [-0.1, -0.05) is 24.3 Å².